The van der Waals surface area contributed by atoms with Gasteiger partial charge in [0.1, 0.15) is 30.1 Å². The van der Waals surface area contributed by atoms with Crippen molar-refractivity contribution < 1.29 is 28.8 Å². The van der Waals surface area contributed by atoms with Gasteiger partial charge in [-0.15, -0.1) is 0 Å². The number of amides is 1. The van der Waals surface area contributed by atoms with Crippen molar-refractivity contribution in [3.8, 4) is 5.75 Å². The molecule has 5 atom stereocenters. The largest absolute Gasteiger partial charge is 0.462 e. The molecule has 0 unspecified atom stereocenters. The molecule has 2 aliphatic rings. The Kier molecular flexibility index (Phi) is 5.01. The number of aliphatic hydroxyl groups excluding tert-OH is 1. The van der Waals surface area contributed by atoms with E-state index in [-0.39, 0.29) is 12.5 Å². The molecule has 7 nitrogen and oxygen atoms in total. The van der Waals surface area contributed by atoms with Crippen molar-refractivity contribution in [1.82, 2.24) is 5.32 Å². The Hall–Kier alpha value is -2.19. The van der Waals surface area contributed by atoms with Crippen molar-refractivity contribution in [3.63, 3.8) is 0 Å². The van der Waals surface area contributed by atoms with E-state index >= 15 is 0 Å². The summed E-state index contributed by atoms with van der Waals surface area (Å²) >= 11 is 0. The summed E-state index contributed by atoms with van der Waals surface area (Å²) < 4.78 is 23.8. The number of fused-ring (bicyclic) bond motifs is 2. The van der Waals surface area contributed by atoms with Gasteiger partial charge in [0.2, 0.25) is 12.2 Å². The molecule has 0 radical (unpaired) electrons. The molecule has 0 aliphatic carbocycles. The summed E-state index contributed by atoms with van der Waals surface area (Å²) in [5, 5.41) is 15.6. The normalized spacial score (nSPS) is 31.8. The highest BCUT2D eigenvalue weighted by Gasteiger charge is 2.52. The molecular formula is C21H25NO6. The summed E-state index contributed by atoms with van der Waals surface area (Å²) in [5.41, 5.74) is 0. The van der Waals surface area contributed by atoms with Crippen LogP contribution in [0.4, 0.5) is 0 Å². The average molecular weight is 387 g/mol. The topological polar surface area (TPSA) is 86.3 Å². The van der Waals surface area contributed by atoms with Crippen LogP contribution in [-0.2, 0) is 19.0 Å². The van der Waals surface area contributed by atoms with Crippen LogP contribution in [0.2, 0.25) is 0 Å². The molecule has 7 heteroatoms. The van der Waals surface area contributed by atoms with E-state index < -0.39 is 36.4 Å². The van der Waals surface area contributed by atoms with Gasteiger partial charge >= 0.3 is 0 Å². The molecule has 1 amide bonds. The number of hydrogen-bond donors (Lipinski definition) is 2. The lowest BCUT2D eigenvalue weighted by molar-refractivity contribution is -0.361. The van der Waals surface area contributed by atoms with E-state index in [0.29, 0.717) is 5.75 Å². The molecule has 28 heavy (non-hydrogen) atoms. The fourth-order valence-corrected chi connectivity index (χ4v) is 3.76. The molecule has 2 N–H and O–H groups in total. The third-order valence-corrected chi connectivity index (χ3v) is 5.05. The van der Waals surface area contributed by atoms with Crippen molar-refractivity contribution >= 4 is 16.7 Å². The molecule has 2 aromatic rings. The van der Waals surface area contributed by atoms with Crippen molar-refractivity contribution in [1.29, 1.82) is 0 Å². The highest BCUT2D eigenvalue weighted by Crippen LogP contribution is 2.34. The summed E-state index contributed by atoms with van der Waals surface area (Å²) in [4.78, 5) is 11.8. The van der Waals surface area contributed by atoms with E-state index in [4.69, 9.17) is 18.9 Å². The van der Waals surface area contributed by atoms with Crippen LogP contribution in [-0.4, -0.2) is 54.1 Å². The first kappa shape index (κ1) is 19.1. The van der Waals surface area contributed by atoms with Gasteiger partial charge in [-0.25, -0.2) is 0 Å². The fraction of sp³-hybridized carbons (Fsp3) is 0.476. The first-order chi connectivity index (χ1) is 13.3. The van der Waals surface area contributed by atoms with Crippen LogP contribution in [0.15, 0.2) is 42.5 Å². The zero-order valence-electron chi connectivity index (χ0n) is 16.1. The summed E-state index contributed by atoms with van der Waals surface area (Å²) in [5.74, 6) is -0.513. The molecule has 4 rings (SSSR count). The summed E-state index contributed by atoms with van der Waals surface area (Å²) in [7, 11) is 0. The van der Waals surface area contributed by atoms with E-state index in [0.717, 1.165) is 10.8 Å². The van der Waals surface area contributed by atoms with E-state index in [2.05, 4.69) is 5.32 Å². The minimum Gasteiger partial charge on any atom is -0.462 e. The number of ether oxygens (including phenoxy) is 4. The number of benzene rings is 2. The van der Waals surface area contributed by atoms with Gasteiger partial charge < -0.3 is 29.4 Å². The summed E-state index contributed by atoms with van der Waals surface area (Å²) in [6, 6.07) is 12.8. The third-order valence-electron chi connectivity index (χ3n) is 5.05. The van der Waals surface area contributed by atoms with Crippen LogP contribution in [0.3, 0.4) is 0 Å². The Bertz CT molecular complexity index is 864. The van der Waals surface area contributed by atoms with Gasteiger partial charge in [-0.2, -0.15) is 0 Å². The molecule has 2 saturated heterocycles. The molecule has 2 heterocycles. The van der Waals surface area contributed by atoms with Crippen LogP contribution in [0.1, 0.15) is 20.8 Å². The number of rotatable bonds is 3. The number of carbonyl (C=O) groups is 1. The van der Waals surface area contributed by atoms with Crippen molar-refractivity contribution in [2.24, 2.45) is 0 Å². The molecule has 0 aromatic heterocycles. The molecule has 150 valence electrons. The number of carbonyl (C=O) groups excluding carboxylic acids is 1. The van der Waals surface area contributed by atoms with Gasteiger partial charge in [0.15, 0.2) is 5.79 Å². The lowest BCUT2D eigenvalue weighted by Gasteiger charge is -2.49. The van der Waals surface area contributed by atoms with Gasteiger partial charge in [0.25, 0.3) is 0 Å². The second-order valence-electron chi connectivity index (χ2n) is 7.65. The van der Waals surface area contributed by atoms with Gasteiger partial charge in [-0.3, -0.25) is 4.79 Å². The van der Waals surface area contributed by atoms with Crippen molar-refractivity contribution in [3.05, 3.63) is 42.5 Å². The van der Waals surface area contributed by atoms with Crippen molar-refractivity contribution in [2.75, 3.05) is 6.61 Å². The maximum absolute atomic E-state index is 11.8. The quantitative estimate of drug-likeness (QED) is 0.837. The standard InChI is InChI=1S/C21H25NO6/c1-12(23)22-17-18(24)19-16(11-25-21(2,3)28-19)27-20(17)26-15-10-6-8-13-7-4-5-9-14(13)15/h4-10,16-20,24H,11H2,1-3H3,(H,22,23)/t16-,17+,18+,19+,20-/m0/s1. The zero-order chi connectivity index (χ0) is 19.9. The van der Waals surface area contributed by atoms with E-state index in [1.54, 1.807) is 13.8 Å². The lowest BCUT2D eigenvalue weighted by Crippen LogP contribution is -2.69. The Labute approximate surface area is 163 Å². The Balaban J connectivity index is 1.63. The highest BCUT2D eigenvalue weighted by atomic mass is 16.8. The predicted octanol–water partition coefficient (Wildman–Crippen LogP) is 1.96. The molecule has 0 saturated carbocycles. The van der Waals surface area contributed by atoms with E-state index in [1.165, 1.54) is 6.92 Å². The maximum atomic E-state index is 11.8. The van der Waals surface area contributed by atoms with E-state index in [9.17, 15) is 9.90 Å². The molecular weight excluding hydrogens is 362 g/mol. The van der Waals surface area contributed by atoms with Crippen LogP contribution >= 0.6 is 0 Å². The Morgan fingerprint density at radius 3 is 2.75 bits per heavy atom. The summed E-state index contributed by atoms with van der Waals surface area (Å²) in [6.07, 6.45) is -3.04. The highest BCUT2D eigenvalue weighted by molar-refractivity contribution is 5.88. The summed E-state index contributed by atoms with van der Waals surface area (Å²) in [6.45, 7) is 5.21. The molecule has 2 fully saturated rings. The van der Waals surface area contributed by atoms with Gasteiger partial charge in [0.05, 0.1) is 6.61 Å². The lowest BCUT2D eigenvalue weighted by atomic mass is 9.95. The van der Waals surface area contributed by atoms with Gasteiger partial charge in [-0.05, 0) is 25.3 Å². The predicted molar refractivity (Wildman–Crippen MR) is 102 cm³/mol. The monoisotopic (exact) mass is 387 g/mol. The SMILES string of the molecule is CC(=O)N[C@H]1[C@@H](Oc2cccc3ccccc23)O[C@H]2COC(C)(C)O[C@H]2[C@@H]1O. The molecule has 0 bridgehead atoms. The van der Waals surface area contributed by atoms with Crippen LogP contribution in [0.25, 0.3) is 10.8 Å². The fourth-order valence-electron chi connectivity index (χ4n) is 3.76. The smallest absolute Gasteiger partial charge is 0.223 e. The van der Waals surface area contributed by atoms with Crippen LogP contribution in [0.5, 0.6) is 5.75 Å². The zero-order valence-corrected chi connectivity index (χ0v) is 16.1. The van der Waals surface area contributed by atoms with Crippen molar-refractivity contribution in [2.45, 2.75) is 57.2 Å². The van der Waals surface area contributed by atoms with E-state index in [1.807, 2.05) is 42.5 Å². The molecule has 2 aromatic carbocycles. The number of hydrogen-bond acceptors (Lipinski definition) is 6. The minimum atomic E-state index is -1.01. The number of nitrogens with one attached hydrogen (secondary N) is 1. The number of aliphatic hydroxyl groups is 1. The van der Waals surface area contributed by atoms with Gasteiger partial charge in [-0.1, -0.05) is 36.4 Å². The Morgan fingerprint density at radius 1 is 1.21 bits per heavy atom. The van der Waals surface area contributed by atoms with Crippen LogP contribution < -0.4 is 10.1 Å². The second-order valence-corrected chi connectivity index (χ2v) is 7.65. The van der Waals surface area contributed by atoms with Gasteiger partial charge in [0, 0.05) is 12.3 Å². The third kappa shape index (κ3) is 3.71. The molecule has 2 aliphatic heterocycles. The molecule has 0 spiro atoms. The first-order valence-electron chi connectivity index (χ1n) is 9.41. The van der Waals surface area contributed by atoms with Crippen LogP contribution in [0, 0.1) is 0 Å². The second kappa shape index (κ2) is 7.33. The Morgan fingerprint density at radius 2 is 1.96 bits per heavy atom. The maximum Gasteiger partial charge on any atom is 0.223 e. The minimum absolute atomic E-state index is 0.261. The first-order valence-corrected chi connectivity index (χ1v) is 9.41. The average Bonchev–Trinajstić information content (AvgIpc) is 2.65.